The molecule has 1 N–H and O–H groups in total. The predicted octanol–water partition coefficient (Wildman–Crippen LogP) is 2.15. The number of hydrogen-bond donors (Lipinski definition) is 1. The lowest BCUT2D eigenvalue weighted by atomic mass is 10.3. The third-order valence-electron chi connectivity index (χ3n) is 3.13. The first-order chi connectivity index (χ1) is 11.3. The summed E-state index contributed by atoms with van der Waals surface area (Å²) in [5.41, 5.74) is -0.258. The van der Waals surface area contributed by atoms with Gasteiger partial charge in [-0.15, -0.1) is 11.3 Å². The Bertz CT molecular complexity index is 808. The van der Waals surface area contributed by atoms with E-state index in [4.69, 9.17) is 0 Å². The van der Waals surface area contributed by atoms with E-state index in [1.54, 1.807) is 0 Å². The Hall–Kier alpha value is -2.00. The third-order valence-corrected chi connectivity index (χ3v) is 5.19. The van der Waals surface area contributed by atoms with Crippen molar-refractivity contribution in [1.29, 1.82) is 0 Å². The summed E-state index contributed by atoms with van der Waals surface area (Å²) in [5.74, 6) is -2.04. The van der Waals surface area contributed by atoms with Crippen molar-refractivity contribution in [2.75, 3.05) is 23.7 Å². The van der Waals surface area contributed by atoms with Gasteiger partial charge in [-0.1, -0.05) is 6.07 Å². The Kier molecular flexibility index (Phi) is 5.89. The van der Waals surface area contributed by atoms with Crippen molar-refractivity contribution in [3.05, 3.63) is 52.2 Å². The number of nitrogens with one attached hydrogen (secondary N) is 1. The van der Waals surface area contributed by atoms with Crippen LogP contribution in [-0.2, 0) is 21.2 Å². The molecule has 130 valence electrons. The maximum Gasteiger partial charge on any atom is 0.232 e. The average molecular weight is 374 g/mol. The normalized spacial score (nSPS) is 11.3. The summed E-state index contributed by atoms with van der Waals surface area (Å²) >= 11 is 1.44. The van der Waals surface area contributed by atoms with Crippen LogP contribution in [0.4, 0.5) is 14.5 Å². The lowest BCUT2D eigenvalue weighted by molar-refractivity contribution is -0.120. The van der Waals surface area contributed by atoms with Gasteiger partial charge in [-0.3, -0.25) is 9.10 Å². The number of carbonyl (C=O) groups excluding carboxylic acids is 1. The monoisotopic (exact) mass is 374 g/mol. The second-order valence-electron chi connectivity index (χ2n) is 5.04. The minimum absolute atomic E-state index is 0.00803. The molecule has 1 aromatic carbocycles. The fourth-order valence-corrected chi connectivity index (χ4v) is 3.71. The van der Waals surface area contributed by atoms with Crippen LogP contribution < -0.4 is 9.62 Å². The van der Waals surface area contributed by atoms with E-state index in [1.807, 2.05) is 17.5 Å². The molecule has 0 aliphatic rings. The van der Waals surface area contributed by atoms with Gasteiger partial charge in [-0.2, -0.15) is 0 Å². The van der Waals surface area contributed by atoms with Crippen LogP contribution in [0.3, 0.4) is 0 Å². The highest BCUT2D eigenvalue weighted by molar-refractivity contribution is 7.92. The summed E-state index contributed by atoms with van der Waals surface area (Å²) < 4.78 is 51.3. The first-order valence-corrected chi connectivity index (χ1v) is 9.72. The first-order valence-electron chi connectivity index (χ1n) is 6.99. The second kappa shape index (κ2) is 7.71. The zero-order valence-electron chi connectivity index (χ0n) is 12.8. The van der Waals surface area contributed by atoms with Gasteiger partial charge in [-0.25, -0.2) is 17.2 Å². The van der Waals surface area contributed by atoms with Crippen LogP contribution in [-0.4, -0.2) is 33.7 Å². The molecule has 0 saturated carbocycles. The fraction of sp³-hybridized carbons (Fsp3) is 0.267. The molecule has 5 nitrogen and oxygen atoms in total. The molecule has 2 rings (SSSR count). The van der Waals surface area contributed by atoms with Gasteiger partial charge in [0.15, 0.2) is 0 Å². The van der Waals surface area contributed by atoms with E-state index in [9.17, 15) is 22.0 Å². The molecule has 24 heavy (non-hydrogen) atoms. The number of rotatable bonds is 7. The molecule has 0 aliphatic heterocycles. The highest BCUT2D eigenvalue weighted by Gasteiger charge is 2.21. The van der Waals surface area contributed by atoms with Crippen molar-refractivity contribution in [1.82, 2.24) is 5.32 Å². The molecule has 0 spiro atoms. The molecule has 1 amide bonds. The molecule has 9 heteroatoms. The van der Waals surface area contributed by atoms with Crippen molar-refractivity contribution in [3.8, 4) is 0 Å². The Morgan fingerprint density at radius 1 is 1.29 bits per heavy atom. The molecule has 0 radical (unpaired) electrons. The van der Waals surface area contributed by atoms with E-state index in [1.165, 1.54) is 11.3 Å². The van der Waals surface area contributed by atoms with E-state index >= 15 is 0 Å². The van der Waals surface area contributed by atoms with E-state index in [0.717, 1.165) is 27.6 Å². The summed E-state index contributed by atoms with van der Waals surface area (Å²) in [7, 11) is -3.78. The van der Waals surface area contributed by atoms with Gasteiger partial charge in [0, 0.05) is 17.5 Å². The van der Waals surface area contributed by atoms with E-state index < -0.39 is 21.7 Å². The Balaban J connectivity index is 2.01. The van der Waals surface area contributed by atoms with Crippen molar-refractivity contribution in [3.63, 3.8) is 0 Å². The standard InChI is InChI=1S/C15H16F2N2O3S2/c1-24(21,22)19(14-5-4-11(16)9-13(14)17)7-6-18-15(20)10-12-3-2-8-23-12/h2-5,8-9H,6-7,10H2,1H3,(H,18,20). The summed E-state index contributed by atoms with van der Waals surface area (Å²) in [4.78, 5) is 12.7. The number of hydrogen-bond acceptors (Lipinski definition) is 4. The largest absolute Gasteiger partial charge is 0.354 e. The number of amides is 1. The van der Waals surface area contributed by atoms with Gasteiger partial charge in [0.05, 0.1) is 24.9 Å². The van der Waals surface area contributed by atoms with Gasteiger partial charge >= 0.3 is 0 Å². The second-order valence-corrected chi connectivity index (χ2v) is 7.98. The molecular weight excluding hydrogens is 358 g/mol. The average Bonchev–Trinajstić information content (AvgIpc) is 2.96. The maximum absolute atomic E-state index is 13.8. The quantitative estimate of drug-likeness (QED) is 0.808. The molecule has 1 aromatic heterocycles. The Labute approximate surface area is 143 Å². The minimum atomic E-state index is -3.78. The summed E-state index contributed by atoms with van der Waals surface area (Å²) in [6.45, 7) is -0.147. The maximum atomic E-state index is 13.8. The summed E-state index contributed by atoms with van der Waals surface area (Å²) in [5, 5.41) is 4.44. The first kappa shape index (κ1) is 18.3. The van der Waals surface area contributed by atoms with Gasteiger partial charge in [0.1, 0.15) is 11.6 Å². The van der Waals surface area contributed by atoms with Crippen LogP contribution in [0.2, 0.25) is 0 Å². The molecular formula is C15H16F2N2O3S2. The van der Waals surface area contributed by atoms with Crippen molar-refractivity contribution in [2.45, 2.75) is 6.42 Å². The highest BCUT2D eigenvalue weighted by Crippen LogP contribution is 2.22. The van der Waals surface area contributed by atoms with Gasteiger partial charge in [-0.05, 0) is 23.6 Å². The molecule has 0 aliphatic carbocycles. The molecule has 0 saturated heterocycles. The van der Waals surface area contributed by atoms with E-state index in [-0.39, 0.29) is 31.1 Å². The van der Waals surface area contributed by atoms with E-state index in [2.05, 4.69) is 5.32 Å². The number of carbonyl (C=O) groups is 1. The van der Waals surface area contributed by atoms with Crippen molar-refractivity contribution < 1.29 is 22.0 Å². The predicted molar refractivity (Wildman–Crippen MR) is 89.6 cm³/mol. The molecule has 0 fully saturated rings. The van der Waals surface area contributed by atoms with Crippen LogP contribution >= 0.6 is 11.3 Å². The van der Waals surface area contributed by atoms with Crippen LogP contribution in [0.25, 0.3) is 0 Å². The fourth-order valence-electron chi connectivity index (χ4n) is 2.08. The van der Waals surface area contributed by atoms with Crippen LogP contribution in [0.1, 0.15) is 4.88 Å². The smallest absolute Gasteiger partial charge is 0.232 e. The number of sulfonamides is 1. The number of thiophene rings is 1. The molecule has 2 aromatic rings. The molecule has 0 atom stereocenters. The SMILES string of the molecule is CS(=O)(=O)N(CCNC(=O)Cc1cccs1)c1ccc(F)cc1F. The van der Waals surface area contributed by atoms with Crippen LogP contribution in [0.15, 0.2) is 35.7 Å². The summed E-state index contributed by atoms with van der Waals surface area (Å²) in [6.07, 6.45) is 1.12. The highest BCUT2D eigenvalue weighted by atomic mass is 32.2. The zero-order valence-corrected chi connectivity index (χ0v) is 14.5. The minimum Gasteiger partial charge on any atom is -0.354 e. The zero-order chi connectivity index (χ0) is 17.7. The van der Waals surface area contributed by atoms with Crippen LogP contribution in [0.5, 0.6) is 0 Å². The number of benzene rings is 1. The van der Waals surface area contributed by atoms with Gasteiger partial charge in [0.2, 0.25) is 15.9 Å². The van der Waals surface area contributed by atoms with Gasteiger partial charge < -0.3 is 5.32 Å². The third kappa shape index (κ3) is 5.00. The topological polar surface area (TPSA) is 66.5 Å². The Morgan fingerprint density at radius 3 is 2.62 bits per heavy atom. The lowest BCUT2D eigenvalue weighted by Gasteiger charge is -2.23. The number of halogens is 2. The molecule has 0 unspecified atom stereocenters. The van der Waals surface area contributed by atoms with Crippen molar-refractivity contribution >= 4 is 33.0 Å². The Morgan fingerprint density at radius 2 is 2.04 bits per heavy atom. The number of anilines is 1. The molecule has 0 bridgehead atoms. The molecule has 1 heterocycles. The lowest BCUT2D eigenvalue weighted by Crippen LogP contribution is -2.39. The summed E-state index contributed by atoms with van der Waals surface area (Å²) in [6, 6.07) is 6.30. The van der Waals surface area contributed by atoms with Crippen molar-refractivity contribution in [2.24, 2.45) is 0 Å². The van der Waals surface area contributed by atoms with Gasteiger partial charge in [0.25, 0.3) is 0 Å². The van der Waals surface area contributed by atoms with Crippen LogP contribution in [0, 0.1) is 11.6 Å². The number of nitrogens with zero attached hydrogens (tertiary/aromatic N) is 1. The van der Waals surface area contributed by atoms with E-state index in [0.29, 0.717) is 6.07 Å².